The molecule has 1 atom stereocenters. The second-order valence-electron chi connectivity index (χ2n) is 7.24. The number of nitrogens with zero attached hydrogens (tertiary/aromatic N) is 3. The molecule has 6 nitrogen and oxygen atoms in total. The Morgan fingerprint density at radius 1 is 1.26 bits per heavy atom. The van der Waals surface area contributed by atoms with Gasteiger partial charge in [-0.25, -0.2) is 0 Å². The van der Waals surface area contributed by atoms with Crippen LogP contribution in [-0.4, -0.2) is 27.5 Å². The molecular formula is C21H24N4O2. The topological polar surface area (TPSA) is 71.3 Å². The van der Waals surface area contributed by atoms with Crippen molar-refractivity contribution in [2.24, 2.45) is 0 Å². The molecule has 2 aromatic heterocycles. The third-order valence-corrected chi connectivity index (χ3v) is 5.03. The number of aryl methyl sites for hydroxylation is 1. The van der Waals surface area contributed by atoms with E-state index in [1.165, 1.54) is 19.8 Å². The third kappa shape index (κ3) is 4.01. The van der Waals surface area contributed by atoms with E-state index < -0.39 is 0 Å². The molecule has 0 spiro atoms. The van der Waals surface area contributed by atoms with Crippen molar-refractivity contribution >= 4 is 22.5 Å². The Bertz CT molecular complexity index is 966. The van der Waals surface area contributed by atoms with Gasteiger partial charge in [0.25, 0.3) is 0 Å². The SMILES string of the molecule is CC(=O)Nc1ccc2nc(CN3CCCCC3c3cc(C)on3)ccc2c1. The second-order valence-corrected chi connectivity index (χ2v) is 7.24. The zero-order valence-electron chi connectivity index (χ0n) is 15.7. The quantitative estimate of drug-likeness (QED) is 0.750. The summed E-state index contributed by atoms with van der Waals surface area (Å²) < 4.78 is 5.29. The highest BCUT2D eigenvalue weighted by molar-refractivity contribution is 5.92. The minimum Gasteiger partial charge on any atom is -0.361 e. The van der Waals surface area contributed by atoms with E-state index in [1.807, 2.05) is 31.2 Å². The van der Waals surface area contributed by atoms with Crippen molar-refractivity contribution in [3.8, 4) is 0 Å². The number of piperidine rings is 1. The monoisotopic (exact) mass is 364 g/mol. The molecule has 0 saturated carbocycles. The van der Waals surface area contributed by atoms with Crippen LogP contribution in [0, 0.1) is 6.92 Å². The van der Waals surface area contributed by atoms with Gasteiger partial charge in [-0.1, -0.05) is 17.6 Å². The molecular weight excluding hydrogens is 340 g/mol. The summed E-state index contributed by atoms with van der Waals surface area (Å²) in [5.74, 6) is 0.785. The van der Waals surface area contributed by atoms with Crippen LogP contribution in [0.3, 0.4) is 0 Å². The molecule has 3 heterocycles. The van der Waals surface area contributed by atoms with E-state index >= 15 is 0 Å². The van der Waals surface area contributed by atoms with Crippen LogP contribution < -0.4 is 5.32 Å². The summed E-state index contributed by atoms with van der Waals surface area (Å²) >= 11 is 0. The van der Waals surface area contributed by atoms with Crippen molar-refractivity contribution in [3.63, 3.8) is 0 Å². The number of likely N-dealkylation sites (tertiary alicyclic amines) is 1. The number of aromatic nitrogens is 2. The first kappa shape index (κ1) is 17.7. The van der Waals surface area contributed by atoms with Crippen LogP contribution in [0.1, 0.15) is 49.4 Å². The van der Waals surface area contributed by atoms with Crippen molar-refractivity contribution in [2.75, 3.05) is 11.9 Å². The van der Waals surface area contributed by atoms with E-state index in [0.29, 0.717) is 0 Å². The predicted octanol–water partition coefficient (Wildman–Crippen LogP) is 4.22. The minimum atomic E-state index is -0.0711. The smallest absolute Gasteiger partial charge is 0.221 e. The van der Waals surface area contributed by atoms with Gasteiger partial charge in [-0.2, -0.15) is 0 Å². The van der Waals surface area contributed by atoms with Crippen LogP contribution in [0.25, 0.3) is 10.9 Å². The molecule has 1 unspecified atom stereocenters. The molecule has 6 heteroatoms. The summed E-state index contributed by atoms with van der Waals surface area (Å²) in [5, 5.41) is 8.08. The molecule has 1 amide bonds. The first-order chi connectivity index (χ1) is 13.1. The molecule has 3 aromatic rings. The maximum atomic E-state index is 11.2. The largest absolute Gasteiger partial charge is 0.361 e. The predicted molar refractivity (Wildman–Crippen MR) is 104 cm³/mol. The average molecular weight is 364 g/mol. The van der Waals surface area contributed by atoms with Crippen LogP contribution >= 0.6 is 0 Å². The van der Waals surface area contributed by atoms with Crippen LogP contribution in [0.4, 0.5) is 5.69 Å². The van der Waals surface area contributed by atoms with Gasteiger partial charge in [-0.05, 0) is 50.6 Å². The van der Waals surface area contributed by atoms with Gasteiger partial charge < -0.3 is 9.84 Å². The van der Waals surface area contributed by atoms with Gasteiger partial charge in [0.15, 0.2) is 0 Å². The van der Waals surface area contributed by atoms with E-state index in [0.717, 1.165) is 53.2 Å². The number of carbonyl (C=O) groups is 1. The maximum Gasteiger partial charge on any atom is 0.221 e. The average Bonchev–Trinajstić information content (AvgIpc) is 3.08. The zero-order valence-corrected chi connectivity index (χ0v) is 15.7. The summed E-state index contributed by atoms with van der Waals surface area (Å²) in [7, 11) is 0. The molecule has 1 fully saturated rings. The fourth-order valence-electron chi connectivity index (χ4n) is 3.80. The van der Waals surface area contributed by atoms with Crippen molar-refractivity contribution < 1.29 is 9.32 Å². The highest BCUT2D eigenvalue weighted by Crippen LogP contribution is 2.31. The highest BCUT2D eigenvalue weighted by Gasteiger charge is 2.26. The number of hydrogen-bond donors (Lipinski definition) is 1. The Kier molecular flexibility index (Phi) is 4.90. The van der Waals surface area contributed by atoms with Crippen LogP contribution in [0.5, 0.6) is 0 Å². The van der Waals surface area contributed by atoms with Gasteiger partial charge in [0.1, 0.15) is 11.5 Å². The molecule has 1 saturated heterocycles. The molecule has 1 aliphatic heterocycles. The number of nitrogens with one attached hydrogen (secondary N) is 1. The van der Waals surface area contributed by atoms with E-state index in [-0.39, 0.29) is 11.9 Å². The number of anilines is 1. The van der Waals surface area contributed by atoms with Crippen LogP contribution in [0.15, 0.2) is 40.9 Å². The number of benzene rings is 1. The van der Waals surface area contributed by atoms with Gasteiger partial charge in [0, 0.05) is 30.6 Å². The zero-order chi connectivity index (χ0) is 18.8. The first-order valence-corrected chi connectivity index (χ1v) is 9.43. The number of amides is 1. The van der Waals surface area contributed by atoms with Gasteiger partial charge in [0.2, 0.25) is 5.91 Å². The fraction of sp³-hybridized carbons (Fsp3) is 0.381. The molecule has 140 valence electrons. The Labute approximate surface area is 158 Å². The lowest BCUT2D eigenvalue weighted by Crippen LogP contribution is -2.33. The van der Waals surface area contributed by atoms with Crippen molar-refractivity contribution in [1.82, 2.24) is 15.0 Å². The van der Waals surface area contributed by atoms with E-state index in [2.05, 4.69) is 27.5 Å². The second kappa shape index (κ2) is 7.48. The van der Waals surface area contributed by atoms with E-state index in [4.69, 9.17) is 9.51 Å². The number of fused-ring (bicyclic) bond motifs is 1. The van der Waals surface area contributed by atoms with Crippen molar-refractivity contribution in [3.05, 3.63) is 53.5 Å². The molecule has 27 heavy (non-hydrogen) atoms. The molecule has 0 radical (unpaired) electrons. The Hall–Kier alpha value is -2.73. The van der Waals surface area contributed by atoms with Gasteiger partial charge in [-0.15, -0.1) is 0 Å². The van der Waals surface area contributed by atoms with Crippen molar-refractivity contribution in [1.29, 1.82) is 0 Å². The normalized spacial score (nSPS) is 17.9. The molecule has 0 aliphatic carbocycles. The maximum absolute atomic E-state index is 11.2. The van der Waals surface area contributed by atoms with Gasteiger partial charge in [-0.3, -0.25) is 14.7 Å². The van der Waals surface area contributed by atoms with Crippen molar-refractivity contribution in [2.45, 2.75) is 45.7 Å². The first-order valence-electron chi connectivity index (χ1n) is 9.43. The summed E-state index contributed by atoms with van der Waals surface area (Å²) in [6.45, 7) is 5.28. The lowest BCUT2D eigenvalue weighted by Gasteiger charge is -2.34. The minimum absolute atomic E-state index is 0.0711. The summed E-state index contributed by atoms with van der Waals surface area (Å²) in [6.07, 6.45) is 3.50. The number of rotatable bonds is 4. The standard InChI is InChI=1S/C21H24N4O2/c1-14-11-20(24-27-14)21-5-3-4-10-25(21)13-18-7-6-16-12-17(22-15(2)26)8-9-19(16)23-18/h6-9,11-12,21H,3-5,10,13H2,1-2H3,(H,22,26). The Balaban J connectivity index is 1.55. The number of hydrogen-bond acceptors (Lipinski definition) is 5. The Morgan fingerprint density at radius 2 is 2.15 bits per heavy atom. The molecule has 0 bridgehead atoms. The number of pyridine rings is 1. The lowest BCUT2D eigenvalue weighted by atomic mass is 9.99. The fourth-order valence-corrected chi connectivity index (χ4v) is 3.80. The third-order valence-electron chi connectivity index (χ3n) is 5.03. The lowest BCUT2D eigenvalue weighted by molar-refractivity contribution is -0.114. The van der Waals surface area contributed by atoms with E-state index in [9.17, 15) is 4.79 Å². The van der Waals surface area contributed by atoms with E-state index in [1.54, 1.807) is 0 Å². The summed E-state index contributed by atoms with van der Waals surface area (Å²) in [4.78, 5) is 18.5. The van der Waals surface area contributed by atoms with Crippen LogP contribution in [0.2, 0.25) is 0 Å². The molecule has 1 aromatic carbocycles. The van der Waals surface area contributed by atoms with Crippen LogP contribution in [-0.2, 0) is 11.3 Å². The summed E-state index contributed by atoms with van der Waals surface area (Å²) in [6, 6.07) is 12.3. The molecule has 1 N–H and O–H groups in total. The molecule has 1 aliphatic rings. The molecule has 4 rings (SSSR count). The number of carbonyl (C=O) groups excluding carboxylic acids is 1. The van der Waals surface area contributed by atoms with Gasteiger partial charge in [0.05, 0.1) is 17.3 Å². The van der Waals surface area contributed by atoms with Gasteiger partial charge >= 0.3 is 0 Å². The summed E-state index contributed by atoms with van der Waals surface area (Å²) in [5.41, 5.74) is 3.80. The Morgan fingerprint density at radius 3 is 2.93 bits per heavy atom. The highest BCUT2D eigenvalue weighted by atomic mass is 16.5.